The fourth-order valence-corrected chi connectivity index (χ4v) is 3.33. The fourth-order valence-electron chi connectivity index (χ4n) is 3.33. The van der Waals surface area contributed by atoms with Gasteiger partial charge in [-0.25, -0.2) is 4.39 Å². The highest BCUT2D eigenvalue weighted by molar-refractivity contribution is 5.74. The highest BCUT2D eigenvalue weighted by Crippen LogP contribution is 2.39. The first-order chi connectivity index (χ1) is 12.7. The molecule has 1 aromatic carbocycles. The molecular weight excluding hydrogens is 366 g/mol. The number of hydrogen-bond acceptors (Lipinski definition) is 4. The average molecular weight is 381 g/mol. The molecule has 1 atom stereocenters. The minimum absolute atomic E-state index is 0.0125. The lowest BCUT2D eigenvalue weighted by molar-refractivity contribution is -0.137. The highest BCUT2D eigenvalue weighted by atomic mass is 19.4. The summed E-state index contributed by atoms with van der Waals surface area (Å²) >= 11 is 0. The van der Waals surface area contributed by atoms with E-state index in [1.807, 2.05) is 0 Å². The van der Waals surface area contributed by atoms with Gasteiger partial charge in [-0.2, -0.15) is 23.3 Å². The van der Waals surface area contributed by atoms with Crippen LogP contribution in [0.1, 0.15) is 17.5 Å². The standard InChI is InChI=1S/C17H15F4N5O/c1-25-13-12(8-22-25)14(27)24-15(23-13)26-6-5-16(18,9-26)10-3-2-4-11(7-10)17(19,20)21/h2-4,7-8H,5-6,9H2,1H3,(H,23,24,27)/t16-/m0/s1. The number of nitrogens with one attached hydrogen (secondary N) is 1. The van der Waals surface area contributed by atoms with Crippen molar-refractivity contribution in [2.45, 2.75) is 18.3 Å². The van der Waals surface area contributed by atoms with Gasteiger partial charge in [0.25, 0.3) is 5.56 Å². The lowest BCUT2D eigenvalue weighted by Gasteiger charge is -2.22. The Kier molecular flexibility index (Phi) is 3.76. The van der Waals surface area contributed by atoms with Gasteiger partial charge in [-0.15, -0.1) is 0 Å². The number of anilines is 1. The van der Waals surface area contributed by atoms with Crippen LogP contribution in [-0.4, -0.2) is 32.8 Å². The molecule has 1 aliphatic rings. The normalized spacial score (nSPS) is 20.6. The molecule has 10 heteroatoms. The van der Waals surface area contributed by atoms with E-state index in [0.29, 0.717) is 11.0 Å². The molecule has 142 valence electrons. The van der Waals surface area contributed by atoms with E-state index in [-0.39, 0.29) is 31.0 Å². The zero-order valence-electron chi connectivity index (χ0n) is 14.2. The Balaban J connectivity index is 1.67. The molecule has 1 aliphatic heterocycles. The summed E-state index contributed by atoms with van der Waals surface area (Å²) in [5.74, 6) is 0.169. The van der Waals surface area contributed by atoms with Gasteiger partial charge < -0.3 is 4.90 Å². The van der Waals surface area contributed by atoms with Gasteiger partial charge in [0, 0.05) is 20.0 Å². The monoisotopic (exact) mass is 381 g/mol. The van der Waals surface area contributed by atoms with Crippen molar-refractivity contribution in [3.05, 3.63) is 51.9 Å². The molecule has 1 N–H and O–H groups in total. The Morgan fingerprint density at radius 1 is 1.30 bits per heavy atom. The molecule has 3 heterocycles. The fraction of sp³-hybridized carbons (Fsp3) is 0.353. The van der Waals surface area contributed by atoms with Crippen LogP contribution < -0.4 is 10.5 Å². The molecule has 0 bridgehead atoms. The van der Waals surface area contributed by atoms with Gasteiger partial charge in [0.15, 0.2) is 11.3 Å². The summed E-state index contributed by atoms with van der Waals surface area (Å²) < 4.78 is 55.7. The van der Waals surface area contributed by atoms with Gasteiger partial charge in [-0.3, -0.25) is 14.5 Å². The molecule has 0 radical (unpaired) electrons. The lowest BCUT2D eigenvalue weighted by Crippen LogP contribution is -2.30. The summed E-state index contributed by atoms with van der Waals surface area (Å²) in [7, 11) is 1.63. The second-order valence-electron chi connectivity index (χ2n) is 6.61. The molecule has 0 saturated carbocycles. The Morgan fingerprint density at radius 2 is 2.07 bits per heavy atom. The molecule has 4 rings (SSSR count). The maximum Gasteiger partial charge on any atom is 0.416 e. The molecule has 1 fully saturated rings. The maximum atomic E-state index is 15.4. The SMILES string of the molecule is Cn1ncc2c(=O)[nH]c(N3CC[C@@](F)(c4cccc(C(F)(F)F)c4)C3)nc21. The largest absolute Gasteiger partial charge is 0.416 e. The summed E-state index contributed by atoms with van der Waals surface area (Å²) in [6.45, 7) is -0.000345. The van der Waals surface area contributed by atoms with Crippen LogP contribution in [0.4, 0.5) is 23.5 Å². The zero-order valence-corrected chi connectivity index (χ0v) is 14.2. The van der Waals surface area contributed by atoms with E-state index in [4.69, 9.17) is 0 Å². The number of nitrogens with zero attached hydrogens (tertiary/aromatic N) is 4. The van der Waals surface area contributed by atoms with Crippen molar-refractivity contribution in [2.24, 2.45) is 7.05 Å². The third-order valence-electron chi connectivity index (χ3n) is 4.82. The van der Waals surface area contributed by atoms with Crippen molar-refractivity contribution < 1.29 is 17.6 Å². The molecule has 0 unspecified atom stereocenters. The average Bonchev–Trinajstić information content (AvgIpc) is 3.19. The first-order valence-corrected chi connectivity index (χ1v) is 8.21. The Morgan fingerprint density at radius 3 is 2.81 bits per heavy atom. The minimum atomic E-state index is -4.54. The zero-order chi connectivity index (χ0) is 19.4. The van der Waals surface area contributed by atoms with Gasteiger partial charge in [-0.1, -0.05) is 12.1 Å². The predicted molar refractivity (Wildman–Crippen MR) is 90.2 cm³/mol. The van der Waals surface area contributed by atoms with Crippen molar-refractivity contribution in [1.82, 2.24) is 19.7 Å². The number of fused-ring (bicyclic) bond motifs is 1. The van der Waals surface area contributed by atoms with Crippen molar-refractivity contribution in [1.29, 1.82) is 0 Å². The molecular formula is C17H15F4N5O. The Labute approximate surface area is 150 Å². The van der Waals surface area contributed by atoms with E-state index in [0.717, 1.165) is 12.1 Å². The van der Waals surface area contributed by atoms with Gasteiger partial charge in [0.1, 0.15) is 5.39 Å². The topological polar surface area (TPSA) is 66.8 Å². The number of halogens is 4. The highest BCUT2D eigenvalue weighted by Gasteiger charge is 2.42. The summed E-state index contributed by atoms with van der Waals surface area (Å²) in [6.07, 6.45) is -3.17. The molecule has 0 spiro atoms. The van der Waals surface area contributed by atoms with Crippen molar-refractivity contribution in [3.8, 4) is 0 Å². The second kappa shape index (κ2) is 5.80. The molecule has 2 aromatic heterocycles. The Hall–Kier alpha value is -2.91. The van der Waals surface area contributed by atoms with E-state index in [9.17, 15) is 18.0 Å². The van der Waals surface area contributed by atoms with E-state index >= 15 is 4.39 Å². The van der Waals surface area contributed by atoms with Crippen LogP contribution >= 0.6 is 0 Å². The van der Waals surface area contributed by atoms with Crippen molar-refractivity contribution >= 4 is 17.0 Å². The van der Waals surface area contributed by atoms with Crippen LogP contribution in [0.15, 0.2) is 35.3 Å². The number of H-pyrrole nitrogens is 1. The van der Waals surface area contributed by atoms with Crippen LogP contribution in [-0.2, 0) is 18.9 Å². The first-order valence-electron chi connectivity index (χ1n) is 8.21. The molecule has 0 aliphatic carbocycles. The van der Waals surface area contributed by atoms with Crippen LogP contribution in [0.3, 0.4) is 0 Å². The van der Waals surface area contributed by atoms with Gasteiger partial charge in [0.05, 0.1) is 18.3 Å². The van der Waals surface area contributed by atoms with Gasteiger partial charge in [-0.05, 0) is 17.7 Å². The number of aromatic nitrogens is 4. The Bertz CT molecular complexity index is 1070. The number of aryl methyl sites for hydroxylation is 1. The quantitative estimate of drug-likeness (QED) is 0.694. The third-order valence-corrected chi connectivity index (χ3v) is 4.82. The summed E-state index contributed by atoms with van der Waals surface area (Å²) in [6, 6.07) is 4.29. The molecule has 27 heavy (non-hydrogen) atoms. The molecule has 3 aromatic rings. The van der Waals surface area contributed by atoms with Crippen LogP contribution in [0.5, 0.6) is 0 Å². The number of alkyl halides is 4. The summed E-state index contributed by atoms with van der Waals surface area (Å²) in [4.78, 5) is 20.6. The third kappa shape index (κ3) is 2.94. The van der Waals surface area contributed by atoms with E-state index in [1.54, 1.807) is 7.05 Å². The predicted octanol–water partition coefficient (Wildman–Crippen LogP) is 2.75. The molecule has 6 nitrogen and oxygen atoms in total. The summed E-state index contributed by atoms with van der Waals surface area (Å²) in [5, 5.41) is 4.28. The van der Waals surface area contributed by atoms with Crippen molar-refractivity contribution in [2.75, 3.05) is 18.0 Å². The van der Waals surface area contributed by atoms with Gasteiger partial charge >= 0.3 is 6.18 Å². The van der Waals surface area contributed by atoms with Gasteiger partial charge in [0.2, 0.25) is 5.95 Å². The number of aromatic amines is 1. The number of hydrogen-bond donors (Lipinski definition) is 1. The lowest BCUT2D eigenvalue weighted by atomic mass is 9.93. The smallest absolute Gasteiger partial charge is 0.339 e. The van der Waals surface area contributed by atoms with E-state index < -0.39 is 23.0 Å². The minimum Gasteiger partial charge on any atom is -0.339 e. The van der Waals surface area contributed by atoms with Crippen LogP contribution in [0, 0.1) is 0 Å². The first kappa shape index (κ1) is 17.5. The summed E-state index contributed by atoms with van der Waals surface area (Å²) in [5.41, 5.74) is -2.95. The van der Waals surface area contributed by atoms with E-state index in [2.05, 4.69) is 15.1 Å². The van der Waals surface area contributed by atoms with E-state index in [1.165, 1.54) is 27.9 Å². The van der Waals surface area contributed by atoms with Crippen molar-refractivity contribution in [3.63, 3.8) is 0 Å². The molecule has 1 saturated heterocycles. The second-order valence-corrected chi connectivity index (χ2v) is 6.61. The number of rotatable bonds is 2. The van der Waals surface area contributed by atoms with Crippen LogP contribution in [0.25, 0.3) is 11.0 Å². The molecule has 0 amide bonds. The van der Waals surface area contributed by atoms with Crippen LogP contribution in [0.2, 0.25) is 0 Å². The number of benzene rings is 1. The maximum absolute atomic E-state index is 15.4.